The van der Waals surface area contributed by atoms with Gasteiger partial charge in [0.15, 0.2) is 0 Å². The molecule has 23 heavy (non-hydrogen) atoms. The molecule has 1 aromatic heterocycles. The largest absolute Gasteiger partial charge is 0.381 e. The number of nitrogens with two attached hydrogens (primary N) is 1. The lowest BCUT2D eigenvalue weighted by Gasteiger charge is -2.13. The van der Waals surface area contributed by atoms with Crippen molar-refractivity contribution in [1.82, 2.24) is 14.9 Å². The van der Waals surface area contributed by atoms with Crippen LogP contribution in [-0.4, -0.2) is 26.9 Å². The number of amides is 1. The van der Waals surface area contributed by atoms with E-state index in [2.05, 4.69) is 10.3 Å². The molecule has 2 aromatic rings. The molecule has 1 aromatic carbocycles. The first kappa shape index (κ1) is 16.6. The number of nitrogens with zero attached hydrogens (tertiary/aromatic N) is 3. The first-order valence-electron chi connectivity index (χ1n) is 7.22. The molecule has 0 radical (unpaired) electrons. The molecule has 122 valence electrons. The molecule has 1 unspecified atom stereocenters. The van der Waals surface area contributed by atoms with Crippen molar-refractivity contribution in [3.8, 4) is 0 Å². The van der Waals surface area contributed by atoms with Crippen molar-refractivity contribution in [3.63, 3.8) is 0 Å². The summed E-state index contributed by atoms with van der Waals surface area (Å²) in [4.78, 5) is 25.8. The van der Waals surface area contributed by atoms with Crippen LogP contribution in [0.4, 0.5) is 5.82 Å². The van der Waals surface area contributed by atoms with Gasteiger partial charge in [-0.2, -0.15) is 0 Å². The summed E-state index contributed by atoms with van der Waals surface area (Å²) in [5, 5.41) is 13.4. The predicted octanol–water partition coefficient (Wildman–Crippen LogP) is 1.31. The summed E-state index contributed by atoms with van der Waals surface area (Å²) in [6.07, 6.45) is 1.54. The van der Waals surface area contributed by atoms with Crippen LogP contribution < -0.4 is 11.1 Å². The van der Waals surface area contributed by atoms with Crippen molar-refractivity contribution in [2.24, 2.45) is 5.73 Å². The van der Waals surface area contributed by atoms with Crippen LogP contribution in [0, 0.1) is 17.0 Å². The first-order valence-corrected chi connectivity index (χ1v) is 7.22. The summed E-state index contributed by atoms with van der Waals surface area (Å²) in [6.45, 7) is 2.33. The van der Waals surface area contributed by atoms with Crippen molar-refractivity contribution < 1.29 is 9.72 Å². The van der Waals surface area contributed by atoms with E-state index in [-0.39, 0.29) is 24.2 Å². The number of hydrogen-bond donors (Lipinski definition) is 2. The van der Waals surface area contributed by atoms with Gasteiger partial charge in [-0.3, -0.25) is 4.79 Å². The van der Waals surface area contributed by atoms with Crippen molar-refractivity contribution in [1.29, 1.82) is 0 Å². The molecule has 8 nitrogen and oxygen atoms in total. The van der Waals surface area contributed by atoms with E-state index in [0.717, 1.165) is 5.56 Å². The van der Waals surface area contributed by atoms with Gasteiger partial charge in [0.1, 0.15) is 6.20 Å². The second-order valence-electron chi connectivity index (χ2n) is 5.17. The number of rotatable bonds is 7. The fourth-order valence-electron chi connectivity index (χ4n) is 2.16. The average molecular weight is 317 g/mol. The van der Waals surface area contributed by atoms with Crippen molar-refractivity contribution in [2.45, 2.75) is 25.9 Å². The zero-order valence-electron chi connectivity index (χ0n) is 12.8. The molecular weight excluding hydrogens is 298 g/mol. The van der Waals surface area contributed by atoms with Gasteiger partial charge in [-0.05, 0) is 15.5 Å². The highest BCUT2D eigenvalue weighted by molar-refractivity contribution is 5.75. The van der Waals surface area contributed by atoms with E-state index in [1.54, 1.807) is 11.5 Å². The van der Waals surface area contributed by atoms with E-state index in [1.807, 2.05) is 30.3 Å². The molecule has 0 aliphatic rings. The molecule has 3 N–H and O–H groups in total. The van der Waals surface area contributed by atoms with Crippen molar-refractivity contribution in [2.75, 3.05) is 6.54 Å². The van der Waals surface area contributed by atoms with Gasteiger partial charge in [-0.1, -0.05) is 30.3 Å². The third kappa shape index (κ3) is 4.62. The maximum absolute atomic E-state index is 11.9. The SMILES string of the molecule is Cc1nc([N+](=O)[O-])cn1CCC(=O)NCC(N)c1ccccc1. The van der Waals surface area contributed by atoms with Gasteiger partial charge in [0.2, 0.25) is 11.7 Å². The quantitative estimate of drug-likeness (QED) is 0.590. The molecule has 1 atom stereocenters. The van der Waals surface area contributed by atoms with Gasteiger partial charge >= 0.3 is 5.82 Å². The van der Waals surface area contributed by atoms with E-state index < -0.39 is 4.92 Å². The van der Waals surface area contributed by atoms with Crippen molar-refractivity contribution >= 4 is 11.7 Å². The van der Waals surface area contributed by atoms with Crippen LogP contribution in [0.15, 0.2) is 36.5 Å². The Morgan fingerprint density at radius 2 is 2.13 bits per heavy atom. The minimum absolute atomic E-state index is 0.160. The Kier molecular flexibility index (Phi) is 5.42. The van der Waals surface area contributed by atoms with Gasteiger partial charge in [-0.25, -0.2) is 0 Å². The number of carbonyl (C=O) groups excluding carboxylic acids is 1. The van der Waals surface area contributed by atoms with Crippen LogP contribution in [0.1, 0.15) is 23.9 Å². The third-order valence-electron chi connectivity index (χ3n) is 3.48. The molecule has 0 saturated carbocycles. The maximum Gasteiger partial charge on any atom is 0.381 e. The topological polar surface area (TPSA) is 116 Å². The number of imidazole rings is 1. The summed E-state index contributed by atoms with van der Waals surface area (Å²) in [5.74, 6) is 0.131. The Hall–Kier alpha value is -2.74. The summed E-state index contributed by atoms with van der Waals surface area (Å²) in [7, 11) is 0. The third-order valence-corrected chi connectivity index (χ3v) is 3.48. The predicted molar refractivity (Wildman–Crippen MR) is 84.6 cm³/mol. The van der Waals surface area contributed by atoms with Gasteiger partial charge < -0.3 is 25.7 Å². The lowest BCUT2D eigenvalue weighted by atomic mass is 10.1. The number of benzene rings is 1. The fraction of sp³-hybridized carbons (Fsp3) is 0.333. The monoisotopic (exact) mass is 317 g/mol. The van der Waals surface area contributed by atoms with Crippen LogP contribution in [0.5, 0.6) is 0 Å². The van der Waals surface area contributed by atoms with E-state index in [0.29, 0.717) is 18.9 Å². The standard InChI is InChI=1S/C15H19N5O3/c1-11-18-14(20(22)23)10-19(11)8-7-15(21)17-9-13(16)12-5-3-2-4-6-12/h2-6,10,13H,7-9,16H2,1H3,(H,17,21). The molecule has 2 rings (SSSR count). The Bertz CT molecular complexity index is 684. The van der Waals surface area contributed by atoms with E-state index in [9.17, 15) is 14.9 Å². The smallest absolute Gasteiger partial charge is 0.358 e. The molecule has 0 aliphatic heterocycles. The molecule has 8 heteroatoms. The maximum atomic E-state index is 11.9. The molecular formula is C15H19N5O3. The number of nitro groups is 1. The Morgan fingerprint density at radius 3 is 2.74 bits per heavy atom. The molecule has 0 fully saturated rings. The number of hydrogen-bond acceptors (Lipinski definition) is 5. The number of aromatic nitrogens is 2. The van der Waals surface area contributed by atoms with Crippen LogP contribution in [0.2, 0.25) is 0 Å². The lowest BCUT2D eigenvalue weighted by molar-refractivity contribution is -0.389. The van der Waals surface area contributed by atoms with E-state index >= 15 is 0 Å². The highest BCUT2D eigenvalue weighted by Gasteiger charge is 2.15. The average Bonchev–Trinajstić information content (AvgIpc) is 2.92. The van der Waals surface area contributed by atoms with Gasteiger partial charge in [0, 0.05) is 32.5 Å². The van der Waals surface area contributed by atoms with E-state index in [1.165, 1.54) is 6.20 Å². The second-order valence-corrected chi connectivity index (χ2v) is 5.17. The molecule has 0 aliphatic carbocycles. The highest BCUT2D eigenvalue weighted by Crippen LogP contribution is 2.11. The van der Waals surface area contributed by atoms with Crippen LogP contribution in [-0.2, 0) is 11.3 Å². The Labute approximate surface area is 133 Å². The van der Waals surface area contributed by atoms with Gasteiger partial charge in [0.05, 0.1) is 0 Å². The molecule has 0 saturated heterocycles. The lowest BCUT2D eigenvalue weighted by Crippen LogP contribution is -2.32. The first-order chi connectivity index (χ1) is 11.0. The second kappa shape index (κ2) is 7.50. The summed E-state index contributed by atoms with van der Waals surface area (Å²) < 4.78 is 1.59. The molecule has 1 amide bonds. The number of carbonyl (C=O) groups is 1. The van der Waals surface area contributed by atoms with Crippen LogP contribution >= 0.6 is 0 Å². The van der Waals surface area contributed by atoms with Crippen LogP contribution in [0.25, 0.3) is 0 Å². The van der Waals surface area contributed by atoms with Gasteiger partial charge in [0.25, 0.3) is 0 Å². The fourth-order valence-corrected chi connectivity index (χ4v) is 2.16. The zero-order chi connectivity index (χ0) is 16.8. The normalized spacial score (nSPS) is 11.9. The van der Waals surface area contributed by atoms with Gasteiger partial charge in [-0.15, -0.1) is 0 Å². The van der Waals surface area contributed by atoms with E-state index in [4.69, 9.17) is 5.73 Å². The minimum Gasteiger partial charge on any atom is -0.358 e. The van der Waals surface area contributed by atoms with Crippen LogP contribution in [0.3, 0.4) is 0 Å². The summed E-state index contributed by atoms with van der Waals surface area (Å²) in [6, 6.07) is 9.24. The summed E-state index contributed by atoms with van der Waals surface area (Å²) in [5.41, 5.74) is 6.96. The van der Waals surface area contributed by atoms with Crippen molar-refractivity contribution in [3.05, 3.63) is 58.0 Å². The molecule has 0 spiro atoms. The molecule has 0 bridgehead atoms. The number of aryl methyl sites for hydroxylation is 2. The minimum atomic E-state index is -0.553. The zero-order valence-corrected chi connectivity index (χ0v) is 12.8. The number of nitrogens with one attached hydrogen (secondary N) is 1. The Morgan fingerprint density at radius 1 is 1.43 bits per heavy atom. The Balaban J connectivity index is 1.80. The summed E-state index contributed by atoms with van der Waals surface area (Å²) >= 11 is 0. The molecule has 1 heterocycles. The highest BCUT2D eigenvalue weighted by atomic mass is 16.6.